The van der Waals surface area contributed by atoms with E-state index in [1.807, 2.05) is 16.9 Å². The van der Waals surface area contributed by atoms with Crippen molar-refractivity contribution in [2.45, 2.75) is 38.1 Å². The molecule has 0 bridgehead atoms. The molecular formula is C21H23N7O3. The quantitative estimate of drug-likeness (QED) is 0.452. The van der Waals surface area contributed by atoms with Crippen LogP contribution >= 0.6 is 0 Å². The molecule has 3 N–H and O–H groups in total. The van der Waals surface area contributed by atoms with Gasteiger partial charge in [0.05, 0.1) is 42.1 Å². The lowest BCUT2D eigenvalue weighted by Crippen LogP contribution is -2.17. The highest BCUT2D eigenvalue weighted by Crippen LogP contribution is 2.38. The molecule has 1 saturated carbocycles. The van der Waals surface area contributed by atoms with E-state index < -0.39 is 5.97 Å². The Balaban J connectivity index is 1.75. The van der Waals surface area contributed by atoms with Gasteiger partial charge in [-0.05, 0) is 30.9 Å². The Labute approximate surface area is 178 Å². The van der Waals surface area contributed by atoms with Gasteiger partial charge in [-0.1, -0.05) is 12.8 Å². The summed E-state index contributed by atoms with van der Waals surface area (Å²) in [5, 5.41) is 32.7. The van der Waals surface area contributed by atoms with Gasteiger partial charge in [-0.25, -0.2) is 4.52 Å². The molecule has 1 aliphatic carbocycles. The number of fused-ring (bicyclic) bond motifs is 1. The molecule has 1 unspecified atom stereocenters. The topological polar surface area (TPSA) is 137 Å². The summed E-state index contributed by atoms with van der Waals surface area (Å²) in [4.78, 5) is 22.1. The standard InChI is InChI=1S/C21H23N7O3/c22-8-7-17(14-3-1-2-4-14)27-12-15(9-25-27)21-16(24-13-29)10-26-28-18(21)5-6-19(28)23-11-20(30)31/h5-6,9-10,12-14,17,23H,1-4,7,11H2,(H,24,29)(H,30,31). The zero-order chi connectivity index (χ0) is 21.8. The second-order valence-electron chi connectivity index (χ2n) is 7.64. The first-order valence-electron chi connectivity index (χ1n) is 10.2. The van der Waals surface area contributed by atoms with Crippen molar-refractivity contribution in [3.05, 3.63) is 30.7 Å². The van der Waals surface area contributed by atoms with Gasteiger partial charge < -0.3 is 15.7 Å². The van der Waals surface area contributed by atoms with Crippen LogP contribution in [0.25, 0.3) is 16.6 Å². The Kier molecular flexibility index (Phi) is 5.84. The highest BCUT2D eigenvalue weighted by atomic mass is 16.4. The molecule has 0 aliphatic heterocycles. The lowest BCUT2D eigenvalue weighted by atomic mass is 9.96. The van der Waals surface area contributed by atoms with Gasteiger partial charge in [0.15, 0.2) is 0 Å². The largest absolute Gasteiger partial charge is 0.480 e. The number of carbonyl (C=O) groups is 2. The summed E-state index contributed by atoms with van der Waals surface area (Å²) >= 11 is 0. The third-order valence-electron chi connectivity index (χ3n) is 5.79. The normalized spacial score (nSPS) is 14.9. The summed E-state index contributed by atoms with van der Waals surface area (Å²) in [7, 11) is 0. The maximum Gasteiger partial charge on any atom is 0.322 e. The molecule has 0 saturated heterocycles. The molecule has 1 amide bonds. The minimum atomic E-state index is -0.980. The summed E-state index contributed by atoms with van der Waals surface area (Å²) in [5.41, 5.74) is 2.71. The number of aromatic nitrogens is 4. The molecule has 4 rings (SSSR count). The van der Waals surface area contributed by atoms with Crippen LogP contribution in [-0.2, 0) is 9.59 Å². The Morgan fingerprint density at radius 2 is 2.13 bits per heavy atom. The molecule has 1 fully saturated rings. The van der Waals surface area contributed by atoms with Crippen molar-refractivity contribution < 1.29 is 14.7 Å². The van der Waals surface area contributed by atoms with Crippen LogP contribution in [0.1, 0.15) is 38.1 Å². The van der Waals surface area contributed by atoms with Gasteiger partial charge in [0.2, 0.25) is 6.41 Å². The first kappa shape index (κ1) is 20.4. The summed E-state index contributed by atoms with van der Waals surface area (Å²) in [6.07, 6.45) is 10.7. The molecule has 31 heavy (non-hydrogen) atoms. The molecule has 1 atom stereocenters. The van der Waals surface area contributed by atoms with Crippen molar-refractivity contribution in [3.8, 4) is 17.2 Å². The number of carboxylic acid groups (broad SMARTS) is 1. The van der Waals surface area contributed by atoms with E-state index in [1.165, 1.54) is 19.0 Å². The number of anilines is 2. The lowest BCUT2D eigenvalue weighted by Gasteiger charge is -2.21. The summed E-state index contributed by atoms with van der Waals surface area (Å²) in [5.74, 6) is -0.0271. The van der Waals surface area contributed by atoms with E-state index in [2.05, 4.69) is 26.9 Å². The molecule has 3 heterocycles. The van der Waals surface area contributed by atoms with Crippen LogP contribution in [0, 0.1) is 17.2 Å². The molecule has 3 aromatic heterocycles. The van der Waals surface area contributed by atoms with Crippen molar-refractivity contribution in [3.63, 3.8) is 0 Å². The van der Waals surface area contributed by atoms with Crippen LogP contribution in [0.2, 0.25) is 0 Å². The number of nitrogens with one attached hydrogen (secondary N) is 2. The van der Waals surface area contributed by atoms with Gasteiger partial charge in [-0.2, -0.15) is 15.5 Å². The van der Waals surface area contributed by atoms with E-state index >= 15 is 0 Å². The first-order valence-corrected chi connectivity index (χ1v) is 10.2. The third-order valence-corrected chi connectivity index (χ3v) is 5.79. The fourth-order valence-corrected chi connectivity index (χ4v) is 4.40. The van der Waals surface area contributed by atoms with Gasteiger partial charge in [0, 0.05) is 17.3 Å². The van der Waals surface area contributed by atoms with Crippen LogP contribution in [0.15, 0.2) is 30.7 Å². The Morgan fingerprint density at radius 3 is 2.84 bits per heavy atom. The van der Waals surface area contributed by atoms with Crippen molar-refractivity contribution >= 4 is 29.4 Å². The van der Waals surface area contributed by atoms with Gasteiger partial charge >= 0.3 is 5.97 Å². The molecule has 3 aromatic rings. The van der Waals surface area contributed by atoms with Crippen LogP contribution in [0.3, 0.4) is 0 Å². The summed E-state index contributed by atoms with van der Waals surface area (Å²) in [6.45, 7) is -0.243. The number of rotatable bonds is 9. The first-order chi connectivity index (χ1) is 15.1. The maximum absolute atomic E-state index is 11.2. The van der Waals surface area contributed by atoms with Crippen molar-refractivity contribution in [2.24, 2.45) is 5.92 Å². The molecule has 0 spiro atoms. The smallest absolute Gasteiger partial charge is 0.322 e. The fraction of sp³-hybridized carbons (Fsp3) is 0.381. The molecule has 10 heteroatoms. The summed E-state index contributed by atoms with van der Waals surface area (Å²) < 4.78 is 3.46. The number of carboxylic acids is 1. The number of hydrogen-bond acceptors (Lipinski definition) is 6. The maximum atomic E-state index is 11.2. The lowest BCUT2D eigenvalue weighted by molar-refractivity contribution is -0.134. The number of amides is 1. The van der Waals surface area contributed by atoms with Crippen LogP contribution in [-0.4, -0.2) is 43.4 Å². The molecule has 0 radical (unpaired) electrons. The van der Waals surface area contributed by atoms with Crippen molar-refractivity contribution in [1.29, 1.82) is 5.26 Å². The highest BCUT2D eigenvalue weighted by molar-refractivity contribution is 5.94. The Bertz CT molecular complexity index is 1140. The van der Waals surface area contributed by atoms with E-state index in [0.717, 1.165) is 24.0 Å². The van der Waals surface area contributed by atoms with Crippen LogP contribution in [0.4, 0.5) is 11.5 Å². The summed E-state index contributed by atoms with van der Waals surface area (Å²) in [6, 6.07) is 5.85. The van der Waals surface area contributed by atoms with Gasteiger partial charge in [-0.3, -0.25) is 14.3 Å². The van der Waals surface area contributed by atoms with E-state index in [0.29, 0.717) is 35.8 Å². The number of nitrogens with zero attached hydrogens (tertiary/aromatic N) is 5. The molecule has 10 nitrogen and oxygen atoms in total. The second-order valence-corrected chi connectivity index (χ2v) is 7.64. The number of aliphatic carboxylic acids is 1. The average Bonchev–Trinajstić information content (AvgIpc) is 3.51. The second kappa shape index (κ2) is 8.87. The van der Waals surface area contributed by atoms with Gasteiger partial charge in [0.1, 0.15) is 12.4 Å². The Morgan fingerprint density at radius 1 is 1.32 bits per heavy atom. The van der Waals surface area contributed by atoms with Crippen LogP contribution < -0.4 is 10.6 Å². The van der Waals surface area contributed by atoms with E-state index in [-0.39, 0.29) is 12.6 Å². The Hall–Kier alpha value is -3.87. The van der Waals surface area contributed by atoms with E-state index in [9.17, 15) is 14.9 Å². The van der Waals surface area contributed by atoms with Crippen LogP contribution in [0.5, 0.6) is 0 Å². The number of nitriles is 1. The molecular weight excluding hydrogens is 398 g/mol. The SMILES string of the molecule is N#CCC(C1CCCC1)n1cc(-c2c(NC=O)cnn3c(NCC(=O)O)ccc23)cn1. The number of carbonyl (C=O) groups excluding carboxylic acids is 1. The molecule has 0 aromatic carbocycles. The predicted octanol–water partition coefficient (Wildman–Crippen LogP) is 2.91. The van der Waals surface area contributed by atoms with Gasteiger partial charge in [-0.15, -0.1) is 0 Å². The van der Waals surface area contributed by atoms with Gasteiger partial charge in [0.25, 0.3) is 0 Å². The monoisotopic (exact) mass is 421 g/mol. The third kappa shape index (κ3) is 4.07. The average molecular weight is 421 g/mol. The predicted molar refractivity (Wildman–Crippen MR) is 113 cm³/mol. The minimum absolute atomic E-state index is 0.0150. The molecule has 160 valence electrons. The zero-order valence-corrected chi connectivity index (χ0v) is 16.9. The number of hydrogen-bond donors (Lipinski definition) is 3. The van der Waals surface area contributed by atoms with E-state index in [1.54, 1.807) is 16.8 Å². The van der Waals surface area contributed by atoms with E-state index in [4.69, 9.17) is 5.11 Å². The van der Waals surface area contributed by atoms with Crippen molar-refractivity contribution in [2.75, 3.05) is 17.2 Å². The minimum Gasteiger partial charge on any atom is -0.480 e. The molecule has 1 aliphatic rings. The highest BCUT2D eigenvalue weighted by Gasteiger charge is 2.27. The van der Waals surface area contributed by atoms with Crippen molar-refractivity contribution in [1.82, 2.24) is 19.4 Å². The zero-order valence-electron chi connectivity index (χ0n) is 16.9. The fourth-order valence-electron chi connectivity index (χ4n) is 4.40.